The Bertz CT molecular complexity index is 1640. The van der Waals surface area contributed by atoms with Gasteiger partial charge in [0.15, 0.2) is 0 Å². The Balaban J connectivity index is 1.47. The summed E-state index contributed by atoms with van der Waals surface area (Å²) in [5, 5.41) is 15.6. The van der Waals surface area contributed by atoms with Gasteiger partial charge in [-0.05, 0) is 66.7 Å². The van der Waals surface area contributed by atoms with Crippen LogP contribution in [0.15, 0.2) is 107 Å². The first kappa shape index (κ1) is 28.4. The van der Waals surface area contributed by atoms with E-state index < -0.39 is 31.9 Å². The molecule has 2 amide bonds. The third-order valence-electron chi connectivity index (χ3n) is 5.66. The lowest BCUT2D eigenvalue weighted by atomic mass is 10.1. The molecule has 4 rings (SSSR count). The number of carbonyl (C=O) groups is 2. The van der Waals surface area contributed by atoms with Gasteiger partial charge in [0, 0.05) is 22.5 Å². The maximum absolute atomic E-state index is 13.0. The molecule has 0 aliphatic carbocycles. The Morgan fingerprint density at radius 1 is 0.600 bits per heavy atom. The number of hydrogen-bond acceptors (Lipinski definition) is 7. The molecule has 0 atom stereocenters. The third-order valence-corrected chi connectivity index (χ3v) is 7.52. The molecule has 0 spiro atoms. The minimum atomic E-state index is -3.86. The molecule has 0 saturated carbocycles. The van der Waals surface area contributed by atoms with Gasteiger partial charge < -0.3 is 15.4 Å². The standard InChI is InChI=1S/C27H24N4O7S2/c28-39(34,35)21-13-9-19(10-14-21)30-26(32)23-6-2-1-5-18(23)17-38-25-8-4-3-7-24(25)27(33)31-20-11-15-22(16-12-20)40(29,36)37/h1-16H,17H2,(H,30,32)(H,31,33)(H2,28,34,35)(H2,29,36,37). The van der Waals surface area contributed by atoms with Gasteiger partial charge in [-0.2, -0.15) is 0 Å². The van der Waals surface area contributed by atoms with Crippen molar-refractivity contribution in [3.05, 3.63) is 114 Å². The van der Waals surface area contributed by atoms with Crippen molar-refractivity contribution in [2.45, 2.75) is 16.4 Å². The Kier molecular flexibility index (Phi) is 8.30. The molecular formula is C27H24N4O7S2. The molecule has 0 aliphatic heterocycles. The van der Waals surface area contributed by atoms with Crippen molar-refractivity contribution in [2.75, 3.05) is 10.6 Å². The van der Waals surface area contributed by atoms with Crippen LogP contribution in [0.2, 0.25) is 0 Å². The van der Waals surface area contributed by atoms with Gasteiger partial charge in [0.1, 0.15) is 12.4 Å². The summed E-state index contributed by atoms with van der Waals surface area (Å²) in [4.78, 5) is 25.8. The lowest BCUT2D eigenvalue weighted by Crippen LogP contribution is -2.17. The normalized spacial score (nSPS) is 11.4. The van der Waals surface area contributed by atoms with E-state index in [0.29, 0.717) is 22.5 Å². The molecule has 11 nitrogen and oxygen atoms in total. The number of primary sulfonamides is 2. The summed E-state index contributed by atoms with van der Waals surface area (Å²) in [5.74, 6) is -0.681. The number of ether oxygens (including phenoxy) is 1. The summed E-state index contributed by atoms with van der Waals surface area (Å²) < 4.78 is 51.7. The maximum atomic E-state index is 13.0. The van der Waals surface area contributed by atoms with Crippen LogP contribution in [0.4, 0.5) is 11.4 Å². The molecule has 0 fully saturated rings. The number of benzene rings is 4. The highest BCUT2D eigenvalue weighted by Crippen LogP contribution is 2.23. The minimum absolute atomic E-state index is 0.0404. The number of nitrogens with two attached hydrogens (primary N) is 2. The minimum Gasteiger partial charge on any atom is -0.488 e. The average Bonchev–Trinajstić information content (AvgIpc) is 2.92. The van der Waals surface area contributed by atoms with Gasteiger partial charge in [-0.3, -0.25) is 9.59 Å². The number of sulfonamides is 2. The molecule has 0 unspecified atom stereocenters. The van der Waals surface area contributed by atoms with Crippen molar-refractivity contribution in [1.82, 2.24) is 0 Å². The zero-order chi connectivity index (χ0) is 28.9. The van der Waals surface area contributed by atoms with E-state index in [1.807, 2.05) is 0 Å². The van der Waals surface area contributed by atoms with E-state index in [9.17, 15) is 26.4 Å². The highest BCUT2D eigenvalue weighted by Gasteiger charge is 2.16. The number of anilines is 2. The molecule has 0 bridgehead atoms. The van der Waals surface area contributed by atoms with Gasteiger partial charge in [0.25, 0.3) is 11.8 Å². The predicted octanol–water partition coefficient (Wildman–Crippen LogP) is 3.07. The Morgan fingerprint density at radius 2 is 1.02 bits per heavy atom. The van der Waals surface area contributed by atoms with Gasteiger partial charge in [0.2, 0.25) is 20.0 Å². The number of carbonyl (C=O) groups excluding carboxylic acids is 2. The van der Waals surface area contributed by atoms with Crippen LogP contribution in [-0.4, -0.2) is 28.6 Å². The van der Waals surface area contributed by atoms with Crippen LogP contribution in [0.3, 0.4) is 0 Å². The van der Waals surface area contributed by atoms with Crippen LogP contribution in [0.25, 0.3) is 0 Å². The SMILES string of the molecule is NS(=O)(=O)c1ccc(NC(=O)c2ccccc2COc2ccccc2C(=O)Nc2ccc(S(N)(=O)=O)cc2)cc1. The quantitative estimate of drug-likeness (QED) is 0.234. The smallest absolute Gasteiger partial charge is 0.259 e. The summed E-state index contributed by atoms with van der Waals surface area (Å²) in [6.45, 7) is -0.0404. The number of amides is 2. The average molecular weight is 581 g/mol. The van der Waals surface area contributed by atoms with E-state index in [0.717, 1.165) is 0 Å². The highest BCUT2D eigenvalue weighted by molar-refractivity contribution is 7.89. The fraction of sp³-hybridized carbons (Fsp3) is 0.0370. The second-order valence-electron chi connectivity index (χ2n) is 8.49. The molecule has 0 aliphatic rings. The summed E-state index contributed by atoms with van der Waals surface area (Å²) in [6.07, 6.45) is 0. The van der Waals surface area contributed by atoms with Gasteiger partial charge in [0.05, 0.1) is 15.4 Å². The molecule has 4 aromatic carbocycles. The van der Waals surface area contributed by atoms with Crippen LogP contribution < -0.4 is 25.6 Å². The molecule has 0 radical (unpaired) electrons. The Labute approximate surface area is 230 Å². The van der Waals surface area contributed by atoms with Crippen molar-refractivity contribution in [3.63, 3.8) is 0 Å². The second-order valence-corrected chi connectivity index (χ2v) is 11.6. The fourth-order valence-corrected chi connectivity index (χ4v) is 4.69. The highest BCUT2D eigenvalue weighted by atomic mass is 32.2. The van der Waals surface area contributed by atoms with Crippen molar-refractivity contribution in [1.29, 1.82) is 0 Å². The largest absolute Gasteiger partial charge is 0.488 e. The first-order valence-corrected chi connectivity index (χ1v) is 14.7. The lowest BCUT2D eigenvalue weighted by molar-refractivity contribution is 0.101. The van der Waals surface area contributed by atoms with Crippen LogP contribution in [0.5, 0.6) is 5.75 Å². The number of hydrogen-bond donors (Lipinski definition) is 4. The number of para-hydroxylation sites is 1. The predicted molar refractivity (Wildman–Crippen MR) is 149 cm³/mol. The van der Waals surface area contributed by atoms with E-state index in [1.54, 1.807) is 48.5 Å². The maximum Gasteiger partial charge on any atom is 0.259 e. The zero-order valence-electron chi connectivity index (χ0n) is 20.8. The van der Waals surface area contributed by atoms with E-state index in [4.69, 9.17) is 15.0 Å². The molecule has 0 heterocycles. The summed E-state index contributed by atoms with van der Waals surface area (Å²) in [5.41, 5.74) is 1.79. The molecule has 0 aromatic heterocycles. The first-order valence-electron chi connectivity index (χ1n) is 11.6. The van der Waals surface area contributed by atoms with Gasteiger partial charge in [-0.25, -0.2) is 27.1 Å². The van der Waals surface area contributed by atoms with E-state index >= 15 is 0 Å². The van der Waals surface area contributed by atoms with Crippen molar-refractivity contribution in [3.8, 4) is 5.75 Å². The van der Waals surface area contributed by atoms with Crippen LogP contribution in [-0.2, 0) is 26.7 Å². The van der Waals surface area contributed by atoms with E-state index in [1.165, 1.54) is 48.5 Å². The number of nitrogens with one attached hydrogen (secondary N) is 2. The van der Waals surface area contributed by atoms with Gasteiger partial charge in [-0.1, -0.05) is 30.3 Å². The Hall–Kier alpha value is -4.56. The molecule has 13 heteroatoms. The van der Waals surface area contributed by atoms with E-state index in [-0.39, 0.29) is 27.7 Å². The second kappa shape index (κ2) is 11.7. The van der Waals surface area contributed by atoms with Gasteiger partial charge >= 0.3 is 0 Å². The monoisotopic (exact) mass is 580 g/mol. The van der Waals surface area contributed by atoms with Gasteiger partial charge in [-0.15, -0.1) is 0 Å². The lowest BCUT2D eigenvalue weighted by Gasteiger charge is -2.14. The molecule has 4 aromatic rings. The first-order chi connectivity index (χ1) is 18.9. The summed E-state index contributed by atoms with van der Waals surface area (Å²) >= 11 is 0. The Morgan fingerprint density at radius 3 is 1.52 bits per heavy atom. The molecule has 206 valence electrons. The number of rotatable bonds is 9. The summed E-state index contributed by atoms with van der Waals surface area (Å²) in [6, 6.07) is 24.1. The third kappa shape index (κ3) is 7.09. The van der Waals surface area contributed by atoms with Crippen molar-refractivity contribution >= 4 is 43.2 Å². The zero-order valence-corrected chi connectivity index (χ0v) is 22.4. The molecule has 6 N–H and O–H groups in total. The molecule has 40 heavy (non-hydrogen) atoms. The molecular weight excluding hydrogens is 556 g/mol. The summed E-state index contributed by atoms with van der Waals surface area (Å²) in [7, 11) is -7.72. The van der Waals surface area contributed by atoms with Crippen LogP contribution in [0.1, 0.15) is 26.3 Å². The molecule has 0 saturated heterocycles. The van der Waals surface area contributed by atoms with Crippen molar-refractivity contribution in [2.24, 2.45) is 10.3 Å². The topological polar surface area (TPSA) is 188 Å². The van der Waals surface area contributed by atoms with E-state index in [2.05, 4.69) is 10.6 Å². The fourth-order valence-electron chi connectivity index (χ4n) is 3.66. The van der Waals surface area contributed by atoms with Crippen molar-refractivity contribution < 1.29 is 31.2 Å². The van der Waals surface area contributed by atoms with Crippen LogP contribution >= 0.6 is 0 Å². The van der Waals surface area contributed by atoms with Crippen LogP contribution in [0, 0.1) is 0 Å².